The Bertz CT molecular complexity index is 539. The zero-order valence-corrected chi connectivity index (χ0v) is 12.9. The Hall–Kier alpha value is -1.62. The molecule has 1 aliphatic heterocycles. The summed E-state index contributed by atoms with van der Waals surface area (Å²) < 4.78 is 18.6. The van der Waals surface area contributed by atoms with E-state index < -0.39 is 11.9 Å². The lowest BCUT2D eigenvalue weighted by atomic mass is 9.88. The van der Waals surface area contributed by atoms with Crippen LogP contribution in [0.2, 0.25) is 0 Å². The van der Waals surface area contributed by atoms with E-state index in [0.717, 1.165) is 5.56 Å². The predicted octanol–water partition coefficient (Wildman–Crippen LogP) is 2.73. The van der Waals surface area contributed by atoms with Gasteiger partial charge in [-0.2, -0.15) is 0 Å². The Kier molecular flexibility index (Phi) is 4.23. The van der Waals surface area contributed by atoms with Crippen molar-refractivity contribution >= 4 is 5.97 Å². The fourth-order valence-corrected chi connectivity index (χ4v) is 2.91. The van der Waals surface area contributed by atoms with E-state index in [4.69, 9.17) is 4.74 Å². The van der Waals surface area contributed by atoms with Crippen molar-refractivity contribution in [3.05, 3.63) is 29.6 Å². The molecular formula is C16H22FNO3. The van der Waals surface area contributed by atoms with E-state index in [0.29, 0.717) is 18.8 Å². The molecule has 0 saturated carbocycles. The number of hydrogen-bond acceptors (Lipinski definition) is 3. The number of aliphatic carboxylic acids is 1. The molecule has 0 unspecified atom stereocenters. The van der Waals surface area contributed by atoms with Gasteiger partial charge in [-0.15, -0.1) is 0 Å². The highest BCUT2D eigenvalue weighted by Crippen LogP contribution is 2.40. The maximum absolute atomic E-state index is 13.3. The van der Waals surface area contributed by atoms with Gasteiger partial charge in [-0.1, -0.05) is 6.07 Å². The molecule has 0 radical (unpaired) electrons. The van der Waals surface area contributed by atoms with Crippen molar-refractivity contribution in [2.75, 3.05) is 20.2 Å². The number of likely N-dealkylation sites (tertiary alicyclic amines) is 1. The number of rotatable bonds is 3. The van der Waals surface area contributed by atoms with Crippen LogP contribution in [0.1, 0.15) is 32.3 Å². The summed E-state index contributed by atoms with van der Waals surface area (Å²) in [6.07, 6.45) is 0. The van der Waals surface area contributed by atoms with E-state index in [-0.39, 0.29) is 17.3 Å². The summed E-state index contributed by atoms with van der Waals surface area (Å²) in [5.74, 6) is -1.49. The highest BCUT2D eigenvalue weighted by atomic mass is 19.1. The molecule has 1 N–H and O–H groups in total. The lowest BCUT2D eigenvalue weighted by Crippen LogP contribution is -2.40. The van der Waals surface area contributed by atoms with Gasteiger partial charge < -0.3 is 9.84 Å². The first-order chi connectivity index (χ1) is 9.74. The molecule has 1 aliphatic rings. The van der Waals surface area contributed by atoms with Gasteiger partial charge in [-0.05, 0) is 32.4 Å². The second-order valence-corrected chi connectivity index (χ2v) is 6.51. The van der Waals surface area contributed by atoms with E-state index in [1.165, 1.54) is 19.2 Å². The van der Waals surface area contributed by atoms with Gasteiger partial charge in [0, 0.05) is 30.6 Å². The molecule has 0 spiro atoms. The van der Waals surface area contributed by atoms with Crippen molar-refractivity contribution in [2.45, 2.75) is 32.2 Å². The van der Waals surface area contributed by atoms with Crippen LogP contribution in [-0.4, -0.2) is 41.7 Å². The van der Waals surface area contributed by atoms with Crippen molar-refractivity contribution in [1.29, 1.82) is 0 Å². The fraction of sp³-hybridized carbons (Fsp3) is 0.562. The molecule has 4 nitrogen and oxygen atoms in total. The highest BCUT2D eigenvalue weighted by molar-refractivity contribution is 5.72. The van der Waals surface area contributed by atoms with Crippen LogP contribution in [0.15, 0.2) is 18.2 Å². The smallest absolute Gasteiger partial charge is 0.308 e. The zero-order chi connectivity index (χ0) is 15.8. The molecule has 0 aliphatic carbocycles. The Morgan fingerprint density at radius 2 is 2.05 bits per heavy atom. The van der Waals surface area contributed by atoms with Crippen LogP contribution in [-0.2, 0) is 4.79 Å². The maximum Gasteiger partial charge on any atom is 0.308 e. The zero-order valence-electron chi connectivity index (χ0n) is 12.9. The molecule has 116 valence electrons. The number of ether oxygens (including phenoxy) is 1. The normalized spacial score (nSPS) is 23.3. The van der Waals surface area contributed by atoms with Gasteiger partial charge in [-0.3, -0.25) is 9.69 Å². The maximum atomic E-state index is 13.3. The van der Waals surface area contributed by atoms with Crippen LogP contribution >= 0.6 is 0 Å². The number of carbonyl (C=O) groups is 1. The topological polar surface area (TPSA) is 49.8 Å². The molecule has 1 aromatic carbocycles. The van der Waals surface area contributed by atoms with Gasteiger partial charge in [0.15, 0.2) is 0 Å². The third-order valence-corrected chi connectivity index (χ3v) is 4.18. The standard InChI is InChI=1S/C16H22FNO3/c1-16(2,3)18-8-12(13(9-18)15(19)20)11-6-5-10(17)7-14(11)21-4/h5-7,12-13H,8-9H2,1-4H3,(H,19,20)/t12-,13+/m1/s1. The van der Waals surface area contributed by atoms with Crippen LogP contribution in [0, 0.1) is 11.7 Å². The predicted molar refractivity (Wildman–Crippen MR) is 78.1 cm³/mol. The van der Waals surface area contributed by atoms with Crippen molar-refractivity contribution in [1.82, 2.24) is 4.90 Å². The molecule has 1 aromatic rings. The second kappa shape index (κ2) is 5.64. The average molecular weight is 295 g/mol. The Morgan fingerprint density at radius 3 is 2.57 bits per heavy atom. The van der Waals surface area contributed by atoms with Crippen molar-refractivity contribution in [2.24, 2.45) is 5.92 Å². The molecule has 0 bridgehead atoms. The third kappa shape index (κ3) is 3.18. The van der Waals surface area contributed by atoms with Crippen LogP contribution < -0.4 is 4.74 Å². The van der Waals surface area contributed by atoms with Crippen LogP contribution in [0.3, 0.4) is 0 Å². The third-order valence-electron chi connectivity index (χ3n) is 4.18. The molecule has 0 amide bonds. The van der Waals surface area contributed by atoms with Crippen LogP contribution in [0.4, 0.5) is 4.39 Å². The monoisotopic (exact) mass is 295 g/mol. The van der Waals surface area contributed by atoms with Crippen molar-refractivity contribution < 1.29 is 19.0 Å². The number of hydrogen-bond donors (Lipinski definition) is 1. The van der Waals surface area contributed by atoms with Gasteiger partial charge in [0.25, 0.3) is 0 Å². The number of benzene rings is 1. The highest BCUT2D eigenvalue weighted by Gasteiger charge is 2.43. The molecule has 0 aromatic heterocycles. The SMILES string of the molecule is COc1cc(F)ccc1[C@H]1CN(C(C)(C)C)C[C@@H]1C(=O)O. The minimum Gasteiger partial charge on any atom is -0.496 e. The Morgan fingerprint density at radius 1 is 1.38 bits per heavy atom. The summed E-state index contributed by atoms with van der Waals surface area (Å²) in [7, 11) is 1.48. The first-order valence-corrected chi connectivity index (χ1v) is 7.05. The van der Waals surface area contributed by atoms with E-state index in [9.17, 15) is 14.3 Å². The summed E-state index contributed by atoms with van der Waals surface area (Å²) >= 11 is 0. The Balaban J connectivity index is 2.39. The van der Waals surface area contributed by atoms with Crippen LogP contribution in [0.5, 0.6) is 5.75 Å². The van der Waals surface area contributed by atoms with E-state index in [2.05, 4.69) is 25.7 Å². The summed E-state index contributed by atoms with van der Waals surface area (Å²) in [6.45, 7) is 7.31. The average Bonchev–Trinajstić information content (AvgIpc) is 2.83. The molecular weight excluding hydrogens is 273 g/mol. The summed E-state index contributed by atoms with van der Waals surface area (Å²) in [5, 5.41) is 9.51. The lowest BCUT2D eigenvalue weighted by molar-refractivity contribution is -0.141. The van der Waals surface area contributed by atoms with Gasteiger partial charge in [0.1, 0.15) is 11.6 Å². The molecule has 2 atom stereocenters. The number of methoxy groups -OCH3 is 1. The van der Waals surface area contributed by atoms with Crippen molar-refractivity contribution in [3.63, 3.8) is 0 Å². The fourth-order valence-electron chi connectivity index (χ4n) is 2.91. The van der Waals surface area contributed by atoms with Gasteiger partial charge in [0.05, 0.1) is 13.0 Å². The molecule has 2 rings (SSSR count). The first kappa shape index (κ1) is 15.8. The van der Waals surface area contributed by atoms with E-state index in [1.54, 1.807) is 6.07 Å². The lowest BCUT2D eigenvalue weighted by Gasteiger charge is -2.31. The van der Waals surface area contributed by atoms with Gasteiger partial charge in [-0.25, -0.2) is 4.39 Å². The van der Waals surface area contributed by atoms with Gasteiger partial charge in [0.2, 0.25) is 0 Å². The Labute approximate surface area is 124 Å². The first-order valence-electron chi connectivity index (χ1n) is 7.05. The molecule has 1 saturated heterocycles. The quantitative estimate of drug-likeness (QED) is 0.931. The van der Waals surface area contributed by atoms with Gasteiger partial charge >= 0.3 is 5.97 Å². The second-order valence-electron chi connectivity index (χ2n) is 6.51. The molecule has 21 heavy (non-hydrogen) atoms. The van der Waals surface area contributed by atoms with Crippen LogP contribution in [0.25, 0.3) is 0 Å². The largest absolute Gasteiger partial charge is 0.496 e. The summed E-state index contributed by atoms with van der Waals surface area (Å²) in [6, 6.07) is 4.31. The molecule has 5 heteroatoms. The van der Waals surface area contributed by atoms with E-state index >= 15 is 0 Å². The van der Waals surface area contributed by atoms with E-state index in [1.807, 2.05) is 0 Å². The summed E-state index contributed by atoms with van der Waals surface area (Å²) in [4.78, 5) is 13.7. The molecule has 1 fully saturated rings. The van der Waals surface area contributed by atoms with Crippen molar-refractivity contribution in [3.8, 4) is 5.75 Å². The minimum absolute atomic E-state index is 0.101. The number of carboxylic acids is 1. The number of nitrogens with zero attached hydrogens (tertiary/aromatic N) is 1. The number of halogens is 1. The molecule has 1 heterocycles. The minimum atomic E-state index is -0.821. The summed E-state index contributed by atoms with van der Waals surface area (Å²) in [5.41, 5.74) is 0.661. The number of carboxylic acid groups (broad SMARTS) is 1.